The number of esters is 1. The lowest BCUT2D eigenvalue weighted by Crippen LogP contribution is -2.29. The summed E-state index contributed by atoms with van der Waals surface area (Å²) >= 11 is 8.40. The summed E-state index contributed by atoms with van der Waals surface area (Å²) < 4.78 is 7.19. The predicted octanol–water partition coefficient (Wildman–Crippen LogP) is 3.68. The predicted molar refractivity (Wildman–Crippen MR) is 107 cm³/mol. The fourth-order valence-corrected chi connectivity index (χ4v) is 3.37. The number of nitrogens with two attached hydrogens (primary N) is 1. The van der Waals surface area contributed by atoms with Gasteiger partial charge >= 0.3 is 5.97 Å². The van der Waals surface area contributed by atoms with Gasteiger partial charge in [0.05, 0.1) is 24.9 Å². The van der Waals surface area contributed by atoms with Gasteiger partial charge in [0.15, 0.2) is 0 Å². The van der Waals surface area contributed by atoms with E-state index >= 15 is 0 Å². The van der Waals surface area contributed by atoms with Crippen LogP contribution in [0.2, 0.25) is 5.02 Å². The maximum Gasteiger partial charge on any atom is 0.345 e. The molecule has 0 unspecified atom stereocenters. The van der Waals surface area contributed by atoms with Gasteiger partial charge in [-0.05, 0) is 52.4 Å². The molecule has 1 heterocycles. The van der Waals surface area contributed by atoms with Gasteiger partial charge in [-0.25, -0.2) is 4.79 Å². The highest BCUT2D eigenvalue weighted by atomic mass is 127. The Morgan fingerprint density at radius 2 is 2.00 bits per heavy atom. The number of ether oxygens (including phenoxy) is 1. The van der Waals surface area contributed by atoms with Gasteiger partial charge in [-0.15, -0.1) is 0 Å². The highest BCUT2D eigenvalue weighted by Crippen LogP contribution is 2.26. The second kappa shape index (κ2) is 7.05. The van der Waals surface area contributed by atoms with Crippen LogP contribution in [0.25, 0.3) is 10.9 Å². The molecule has 0 aliphatic heterocycles. The highest BCUT2D eigenvalue weighted by Gasteiger charge is 2.22. The number of rotatable bonds is 3. The smallest absolute Gasteiger partial charge is 0.345 e. The summed E-state index contributed by atoms with van der Waals surface area (Å²) in [4.78, 5) is 25.1. The molecule has 7 heteroatoms. The number of hydrogen-bond acceptors (Lipinski definition) is 4. The number of methoxy groups -OCH3 is 1. The third kappa shape index (κ3) is 3.23. The number of nitrogens with zero attached hydrogens (tertiary/aromatic N) is 1. The number of benzene rings is 2. The standard InChI is InChI=1S/C18H14ClIN2O3/c1-25-18(24)15-16(21)12-7-6-11(20)8-14(12)22(17(15)23)9-10-4-2-3-5-13(10)19/h2-8H,9,21H2,1H3. The largest absolute Gasteiger partial charge is 0.465 e. The minimum atomic E-state index is -0.754. The number of pyridine rings is 1. The molecule has 2 aromatic carbocycles. The van der Waals surface area contributed by atoms with Crippen molar-refractivity contribution in [1.29, 1.82) is 0 Å². The Hall–Kier alpha value is -2.06. The molecule has 0 bridgehead atoms. The third-order valence-electron chi connectivity index (χ3n) is 3.94. The average Bonchev–Trinajstić information content (AvgIpc) is 2.59. The summed E-state index contributed by atoms with van der Waals surface area (Å²) in [5.41, 5.74) is 6.97. The van der Waals surface area contributed by atoms with E-state index in [1.165, 1.54) is 11.7 Å². The molecular weight excluding hydrogens is 455 g/mol. The molecule has 128 valence electrons. The van der Waals surface area contributed by atoms with E-state index in [9.17, 15) is 9.59 Å². The molecule has 1 aromatic heterocycles. The fraction of sp³-hybridized carbons (Fsp3) is 0.111. The summed E-state index contributed by atoms with van der Waals surface area (Å²) in [6, 6.07) is 12.8. The molecule has 0 aliphatic rings. The summed E-state index contributed by atoms with van der Waals surface area (Å²) in [6.45, 7) is 0.222. The van der Waals surface area contributed by atoms with Crippen LogP contribution in [0.3, 0.4) is 0 Å². The van der Waals surface area contributed by atoms with Crippen molar-refractivity contribution in [3.63, 3.8) is 0 Å². The van der Waals surface area contributed by atoms with Gasteiger partial charge in [0.1, 0.15) is 5.56 Å². The summed E-state index contributed by atoms with van der Waals surface area (Å²) in [5, 5.41) is 1.16. The molecule has 0 atom stereocenters. The van der Waals surface area contributed by atoms with Crippen LogP contribution in [0.4, 0.5) is 5.69 Å². The second-order valence-electron chi connectivity index (χ2n) is 5.42. The minimum Gasteiger partial charge on any atom is -0.465 e. The van der Waals surface area contributed by atoms with Gasteiger partial charge in [-0.3, -0.25) is 4.79 Å². The van der Waals surface area contributed by atoms with Crippen molar-refractivity contribution >= 4 is 56.8 Å². The van der Waals surface area contributed by atoms with Crippen LogP contribution >= 0.6 is 34.2 Å². The first-order valence-electron chi connectivity index (χ1n) is 7.37. The number of hydrogen-bond donors (Lipinski definition) is 1. The molecule has 3 aromatic rings. The summed E-state index contributed by atoms with van der Waals surface area (Å²) in [7, 11) is 1.22. The lowest BCUT2D eigenvalue weighted by molar-refractivity contribution is 0.0599. The normalized spacial score (nSPS) is 10.8. The molecule has 3 rings (SSSR count). The minimum absolute atomic E-state index is 0.124. The molecule has 0 fully saturated rings. The maximum absolute atomic E-state index is 13.0. The number of halogens is 2. The molecule has 0 aliphatic carbocycles. The Morgan fingerprint density at radius 3 is 2.68 bits per heavy atom. The first-order chi connectivity index (χ1) is 11.9. The van der Waals surface area contributed by atoms with Gasteiger partial charge in [-0.1, -0.05) is 29.8 Å². The van der Waals surface area contributed by atoms with Crippen LogP contribution in [-0.2, 0) is 11.3 Å². The van der Waals surface area contributed by atoms with Crippen molar-refractivity contribution in [2.24, 2.45) is 0 Å². The van der Waals surface area contributed by atoms with E-state index in [2.05, 4.69) is 22.6 Å². The number of fused-ring (bicyclic) bond motifs is 1. The van der Waals surface area contributed by atoms with Crippen LogP contribution in [-0.4, -0.2) is 17.6 Å². The zero-order valence-corrected chi connectivity index (χ0v) is 16.2. The molecule has 2 N–H and O–H groups in total. The molecule has 0 amide bonds. The second-order valence-corrected chi connectivity index (χ2v) is 7.08. The Kier molecular flexibility index (Phi) is 5.01. The fourth-order valence-electron chi connectivity index (χ4n) is 2.70. The first-order valence-corrected chi connectivity index (χ1v) is 8.83. The first kappa shape index (κ1) is 17.8. The number of nitrogen functional groups attached to an aromatic ring is 1. The van der Waals surface area contributed by atoms with Crippen molar-refractivity contribution in [2.45, 2.75) is 6.54 Å². The number of carbonyl (C=O) groups excluding carboxylic acids is 1. The highest BCUT2D eigenvalue weighted by molar-refractivity contribution is 14.1. The Balaban J connectivity index is 2.36. The van der Waals surface area contributed by atoms with Crippen LogP contribution < -0.4 is 11.3 Å². The Morgan fingerprint density at radius 1 is 1.28 bits per heavy atom. The van der Waals surface area contributed by atoms with Crippen LogP contribution in [0.5, 0.6) is 0 Å². The lowest BCUT2D eigenvalue weighted by Gasteiger charge is -2.16. The van der Waals surface area contributed by atoms with Crippen molar-refractivity contribution in [3.8, 4) is 0 Å². The van der Waals surface area contributed by atoms with Crippen LogP contribution in [0.15, 0.2) is 47.3 Å². The van der Waals surface area contributed by atoms with E-state index in [0.29, 0.717) is 15.9 Å². The lowest BCUT2D eigenvalue weighted by atomic mass is 10.1. The topological polar surface area (TPSA) is 74.3 Å². The van der Waals surface area contributed by atoms with E-state index in [-0.39, 0.29) is 17.8 Å². The summed E-state index contributed by atoms with van der Waals surface area (Å²) in [6.07, 6.45) is 0. The zero-order chi connectivity index (χ0) is 18.1. The molecule has 25 heavy (non-hydrogen) atoms. The molecule has 0 saturated carbocycles. The van der Waals surface area contributed by atoms with E-state index in [1.54, 1.807) is 12.1 Å². The van der Waals surface area contributed by atoms with Crippen LogP contribution in [0.1, 0.15) is 15.9 Å². The van der Waals surface area contributed by atoms with Crippen LogP contribution in [0, 0.1) is 3.57 Å². The van der Waals surface area contributed by atoms with Crippen molar-refractivity contribution < 1.29 is 9.53 Å². The third-order valence-corrected chi connectivity index (χ3v) is 4.98. The quantitative estimate of drug-likeness (QED) is 0.470. The van der Waals surface area contributed by atoms with Gasteiger partial charge in [0.25, 0.3) is 5.56 Å². The zero-order valence-electron chi connectivity index (χ0n) is 13.3. The SMILES string of the molecule is COC(=O)c1c(N)c2ccc(I)cc2n(Cc2ccccc2Cl)c1=O. The molecule has 0 spiro atoms. The van der Waals surface area contributed by atoms with Crippen molar-refractivity contribution in [1.82, 2.24) is 4.57 Å². The van der Waals surface area contributed by atoms with E-state index < -0.39 is 11.5 Å². The van der Waals surface area contributed by atoms with Crippen molar-refractivity contribution in [3.05, 3.63) is 72.5 Å². The molecule has 0 radical (unpaired) electrons. The Bertz CT molecular complexity index is 1050. The van der Waals surface area contributed by atoms with Crippen molar-refractivity contribution in [2.75, 3.05) is 12.8 Å². The summed E-state index contributed by atoms with van der Waals surface area (Å²) in [5.74, 6) is -0.754. The van der Waals surface area contributed by atoms with Gasteiger partial charge < -0.3 is 15.0 Å². The maximum atomic E-state index is 13.0. The Labute approximate surface area is 162 Å². The monoisotopic (exact) mass is 468 g/mol. The number of carbonyl (C=O) groups is 1. The van der Waals surface area contributed by atoms with E-state index in [0.717, 1.165) is 9.13 Å². The van der Waals surface area contributed by atoms with E-state index in [1.807, 2.05) is 30.3 Å². The average molecular weight is 469 g/mol. The molecule has 5 nitrogen and oxygen atoms in total. The number of aromatic nitrogens is 1. The van der Waals surface area contributed by atoms with E-state index in [4.69, 9.17) is 22.1 Å². The number of anilines is 1. The molecular formula is C18H14ClIN2O3. The van der Waals surface area contributed by atoms with Gasteiger partial charge in [0.2, 0.25) is 0 Å². The molecule has 0 saturated heterocycles. The van der Waals surface area contributed by atoms with Gasteiger partial charge in [0, 0.05) is 14.0 Å². The van der Waals surface area contributed by atoms with Gasteiger partial charge in [-0.2, -0.15) is 0 Å².